The molecule has 0 bridgehead atoms. The second-order valence-corrected chi connectivity index (χ2v) is 9.07. The molecule has 0 radical (unpaired) electrons. The highest BCUT2D eigenvalue weighted by atomic mass is 32.2. The fraction of sp³-hybridized carbons (Fsp3) is 0.611. The molecule has 1 aromatic rings. The first-order valence-corrected chi connectivity index (χ1v) is 10.6. The molecule has 2 N–H and O–H groups in total. The molecule has 1 aliphatic heterocycles. The van der Waals surface area contributed by atoms with Gasteiger partial charge in [0.1, 0.15) is 0 Å². The molecule has 26 heavy (non-hydrogen) atoms. The van der Waals surface area contributed by atoms with E-state index in [1.807, 2.05) is 7.05 Å². The predicted molar refractivity (Wildman–Crippen MR) is 100 cm³/mol. The molecule has 3 rings (SSSR count). The lowest BCUT2D eigenvalue weighted by Crippen LogP contribution is -2.47. The van der Waals surface area contributed by atoms with Crippen LogP contribution in [0.15, 0.2) is 29.2 Å². The van der Waals surface area contributed by atoms with Gasteiger partial charge >= 0.3 is 0 Å². The zero-order valence-corrected chi connectivity index (χ0v) is 16.1. The number of nitrogens with zero attached hydrogens (tertiary/aromatic N) is 2. The summed E-state index contributed by atoms with van der Waals surface area (Å²) in [5.41, 5.74) is 0.627. The normalized spacial score (nSPS) is 19.4. The molecule has 2 aliphatic rings. The molecule has 0 aromatic heterocycles. The summed E-state index contributed by atoms with van der Waals surface area (Å²) in [6, 6.07) is 6.92. The van der Waals surface area contributed by atoms with Crippen molar-refractivity contribution in [3.63, 3.8) is 0 Å². The Morgan fingerprint density at radius 3 is 2.54 bits per heavy atom. The van der Waals surface area contributed by atoms with Crippen molar-refractivity contribution in [1.82, 2.24) is 19.8 Å². The van der Waals surface area contributed by atoms with Gasteiger partial charge in [-0.1, -0.05) is 18.2 Å². The summed E-state index contributed by atoms with van der Waals surface area (Å²) in [5.74, 6) is 0.606. The molecule has 1 saturated carbocycles. The van der Waals surface area contributed by atoms with Crippen molar-refractivity contribution in [3.05, 3.63) is 29.8 Å². The fourth-order valence-corrected chi connectivity index (χ4v) is 4.68. The molecule has 7 nitrogen and oxygen atoms in total. The number of likely N-dealkylation sites (N-methyl/N-ethyl adjacent to an activating group) is 1. The Kier molecular flexibility index (Phi) is 6.29. The Morgan fingerprint density at radius 1 is 1.15 bits per heavy atom. The summed E-state index contributed by atoms with van der Waals surface area (Å²) in [6.45, 7) is 3.80. The van der Waals surface area contributed by atoms with E-state index in [0.29, 0.717) is 18.7 Å². The van der Waals surface area contributed by atoms with Gasteiger partial charge < -0.3 is 15.5 Å². The van der Waals surface area contributed by atoms with Gasteiger partial charge in [0.05, 0.1) is 11.4 Å². The summed E-state index contributed by atoms with van der Waals surface area (Å²) in [6.07, 6.45) is 2.48. The van der Waals surface area contributed by atoms with E-state index < -0.39 is 10.0 Å². The van der Waals surface area contributed by atoms with Gasteiger partial charge in [-0.05, 0) is 44.0 Å². The zero-order valence-electron chi connectivity index (χ0n) is 15.3. The minimum absolute atomic E-state index is 0.113. The third-order valence-electron chi connectivity index (χ3n) is 4.94. The first kappa shape index (κ1) is 19.3. The van der Waals surface area contributed by atoms with Crippen LogP contribution in [0.3, 0.4) is 0 Å². The molecular formula is C18H28N4O3S. The summed E-state index contributed by atoms with van der Waals surface area (Å²) in [4.78, 5) is 14.4. The van der Waals surface area contributed by atoms with Crippen molar-refractivity contribution in [2.75, 3.05) is 46.3 Å². The van der Waals surface area contributed by atoms with Crippen LogP contribution in [0.1, 0.15) is 18.4 Å². The van der Waals surface area contributed by atoms with E-state index in [4.69, 9.17) is 0 Å². The number of carbonyl (C=O) groups is 1. The van der Waals surface area contributed by atoms with Crippen LogP contribution >= 0.6 is 0 Å². The Labute approximate surface area is 155 Å². The highest BCUT2D eigenvalue weighted by Gasteiger charge is 2.29. The van der Waals surface area contributed by atoms with Gasteiger partial charge in [0.25, 0.3) is 0 Å². The van der Waals surface area contributed by atoms with Crippen molar-refractivity contribution < 1.29 is 13.2 Å². The summed E-state index contributed by atoms with van der Waals surface area (Å²) in [7, 11) is -1.55. The number of hydrogen-bond donors (Lipinski definition) is 2. The Morgan fingerprint density at radius 2 is 1.85 bits per heavy atom. The van der Waals surface area contributed by atoms with Crippen molar-refractivity contribution in [2.45, 2.75) is 24.3 Å². The van der Waals surface area contributed by atoms with Crippen molar-refractivity contribution in [1.29, 1.82) is 0 Å². The van der Waals surface area contributed by atoms with Gasteiger partial charge in [0.15, 0.2) is 0 Å². The van der Waals surface area contributed by atoms with E-state index in [1.165, 1.54) is 17.1 Å². The second-order valence-electron chi connectivity index (χ2n) is 7.17. The van der Waals surface area contributed by atoms with Crippen molar-refractivity contribution >= 4 is 15.9 Å². The average molecular weight is 381 g/mol. The number of piperazine rings is 1. The Balaban J connectivity index is 1.60. The smallest absolute Gasteiger partial charge is 0.243 e. The number of rotatable bonds is 8. The number of sulfonamides is 1. The minimum Gasteiger partial charge on any atom is -0.351 e. The standard InChI is InChI=1S/C18H28N4O3S/c1-21-8-10-22(11-9-21)26(24,25)17-5-3-2-4-16(17)13-20-18(23)14-19-12-15-6-7-15/h2-5,15,19H,6-14H2,1H3,(H,20,23). The molecule has 0 atom stereocenters. The number of benzene rings is 1. The van der Waals surface area contributed by atoms with E-state index in [2.05, 4.69) is 15.5 Å². The maximum atomic E-state index is 13.0. The largest absolute Gasteiger partial charge is 0.351 e. The van der Waals surface area contributed by atoms with Gasteiger partial charge in [-0.3, -0.25) is 4.79 Å². The third-order valence-corrected chi connectivity index (χ3v) is 6.94. The lowest BCUT2D eigenvalue weighted by molar-refractivity contribution is -0.120. The van der Waals surface area contributed by atoms with Gasteiger partial charge in [-0.25, -0.2) is 8.42 Å². The monoisotopic (exact) mass is 380 g/mol. The molecule has 1 saturated heterocycles. The van der Waals surface area contributed by atoms with Gasteiger partial charge in [0.2, 0.25) is 15.9 Å². The molecular weight excluding hydrogens is 352 g/mol. The molecule has 144 valence electrons. The maximum Gasteiger partial charge on any atom is 0.243 e. The van der Waals surface area contributed by atoms with E-state index in [9.17, 15) is 13.2 Å². The molecule has 1 aromatic carbocycles. The van der Waals surface area contributed by atoms with E-state index in [1.54, 1.807) is 24.3 Å². The number of carbonyl (C=O) groups excluding carboxylic acids is 1. The maximum absolute atomic E-state index is 13.0. The van der Waals surface area contributed by atoms with Gasteiger partial charge in [-0.15, -0.1) is 0 Å². The predicted octanol–water partition coefficient (Wildman–Crippen LogP) is 0.239. The second kappa shape index (κ2) is 8.47. The van der Waals surface area contributed by atoms with Gasteiger partial charge in [-0.2, -0.15) is 4.31 Å². The number of nitrogens with one attached hydrogen (secondary N) is 2. The molecule has 1 amide bonds. The molecule has 2 fully saturated rings. The number of hydrogen-bond acceptors (Lipinski definition) is 5. The highest BCUT2D eigenvalue weighted by Crippen LogP contribution is 2.27. The summed E-state index contributed by atoms with van der Waals surface area (Å²) in [5, 5.41) is 5.96. The van der Waals surface area contributed by atoms with Crippen LogP contribution in [0, 0.1) is 5.92 Å². The lowest BCUT2D eigenvalue weighted by Gasteiger charge is -2.32. The van der Waals surface area contributed by atoms with Crippen LogP contribution in [0.5, 0.6) is 0 Å². The van der Waals surface area contributed by atoms with E-state index in [0.717, 1.165) is 25.6 Å². The Bertz CT molecular complexity index is 726. The molecule has 1 aliphatic carbocycles. The summed E-state index contributed by atoms with van der Waals surface area (Å²) < 4.78 is 27.5. The molecule has 1 heterocycles. The van der Waals surface area contributed by atoms with Gasteiger partial charge in [0, 0.05) is 32.7 Å². The lowest BCUT2D eigenvalue weighted by atomic mass is 10.2. The molecule has 8 heteroatoms. The topological polar surface area (TPSA) is 81.8 Å². The van der Waals surface area contributed by atoms with Crippen molar-refractivity contribution in [3.8, 4) is 0 Å². The first-order valence-electron chi connectivity index (χ1n) is 9.21. The first-order chi connectivity index (χ1) is 12.5. The Hall–Kier alpha value is -1.48. The SMILES string of the molecule is CN1CCN(S(=O)(=O)c2ccccc2CNC(=O)CNCC2CC2)CC1. The van der Waals surface area contributed by atoms with Crippen LogP contribution in [-0.2, 0) is 21.4 Å². The van der Waals surface area contributed by atoms with Crippen LogP contribution < -0.4 is 10.6 Å². The third kappa shape index (κ3) is 5.03. The van der Waals surface area contributed by atoms with Crippen molar-refractivity contribution in [2.24, 2.45) is 5.92 Å². The van der Waals surface area contributed by atoms with E-state index in [-0.39, 0.29) is 23.9 Å². The van der Waals surface area contributed by atoms with Crippen LogP contribution in [0.4, 0.5) is 0 Å². The quantitative estimate of drug-likeness (QED) is 0.675. The van der Waals surface area contributed by atoms with Crippen LogP contribution in [-0.4, -0.2) is 69.8 Å². The summed E-state index contributed by atoms with van der Waals surface area (Å²) >= 11 is 0. The highest BCUT2D eigenvalue weighted by molar-refractivity contribution is 7.89. The minimum atomic E-state index is -3.54. The molecule has 0 unspecified atom stereocenters. The average Bonchev–Trinajstić information content (AvgIpc) is 3.45. The fourth-order valence-electron chi connectivity index (χ4n) is 3.04. The number of amides is 1. The van der Waals surface area contributed by atoms with Crippen LogP contribution in [0.2, 0.25) is 0 Å². The zero-order chi connectivity index (χ0) is 18.6. The van der Waals surface area contributed by atoms with Crippen LogP contribution in [0.25, 0.3) is 0 Å². The van der Waals surface area contributed by atoms with E-state index >= 15 is 0 Å². The molecule has 0 spiro atoms.